The minimum Gasteiger partial charge on any atom is -0.309 e. The average Bonchev–Trinajstić information content (AvgIpc) is 2.20. The maximum absolute atomic E-state index is 3.62. The lowest BCUT2D eigenvalue weighted by molar-refractivity contribution is 0.00224. The molecule has 1 atom stereocenters. The largest absolute Gasteiger partial charge is 0.309 e. The van der Waals surface area contributed by atoms with Crippen molar-refractivity contribution in [1.29, 1.82) is 0 Å². The molecule has 0 spiro atoms. The predicted molar refractivity (Wildman–Crippen MR) is 67.2 cm³/mol. The molecule has 1 rings (SSSR count). The Labute approximate surface area is 95.4 Å². The molecule has 0 radical (unpaired) electrons. The van der Waals surface area contributed by atoms with E-state index in [0.717, 1.165) is 13.1 Å². The summed E-state index contributed by atoms with van der Waals surface area (Å²) < 4.78 is 0. The van der Waals surface area contributed by atoms with Crippen LogP contribution in [0.25, 0.3) is 0 Å². The fourth-order valence-electron chi connectivity index (χ4n) is 2.55. The fraction of sp³-hybridized carbons (Fsp3) is 1.00. The van der Waals surface area contributed by atoms with Gasteiger partial charge in [0.15, 0.2) is 0 Å². The molecule has 0 bridgehead atoms. The Kier molecular flexibility index (Phi) is 3.83. The van der Waals surface area contributed by atoms with Crippen molar-refractivity contribution in [2.45, 2.75) is 71.5 Å². The monoisotopic (exact) mass is 212 g/mol. The molecule has 0 aliphatic carbocycles. The van der Waals surface area contributed by atoms with Gasteiger partial charge in [0.25, 0.3) is 0 Å². The summed E-state index contributed by atoms with van der Waals surface area (Å²) in [6.45, 7) is 16.2. The zero-order chi connectivity index (χ0) is 11.7. The second-order valence-corrected chi connectivity index (χ2v) is 5.95. The van der Waals surface area contributed by atoms with Gasteiger partial charge in [0.1, 0.15) is 0 Å². The summed E-state index contributed by atoms with van der Waals surface area (Å²) in [4.78, 5) is 2.70. The van der Waals surface area contributed by atoms with Gasteiger partial charge in [-0.3, -0.25) is 4.90 Å². The summed E-state index contributed by atoms with van der Waals surface area (Å²) in [7, 11) is 0. The zero-order valence-electron chi connectivity index (χ0n) is 11.4. The number of nitrogens with one attached hydrogen (secondary N) is 1. The number of hydrogen-bond donors (Lipinski definition) is 1. The first kappa shape index (κ1) is 13.0. The van der Waals surface area contributed by atoms with Crippen LogP contribution < -0.4 is 5.32 Å². The number of hydrogen-bond acceptors (Lipinski definition) is 2. The SMILES string of the molecule is CCC(C)(CC)N1CC(C)(C)NCC1C. The Morgan fingerprint density at radius 2 is 1.87 bits per heavy atom. The van der Waals surface area contributed by atoms with Crippen molar-refractivity contribution in [3.8, 4) is 0 Å². The van der Waals surface area contributed by atoms with Gasteiger partial charge in [-0.15, -0.1) is 0 Å². The maximum atomic E-state index is 3.62. The van der Waals surface area contributed by atoms with Crippen molar-refractivity contribution >= 4 is 0 Å². The highest BCUT2D eigenvalue weighted by atomic mass is 15.3. The van der Waals surface area contributed by atoms with Crippen LogP contribution in [0.1, 0.15) is 54.4 Å². The molecule has 2 nitrogen and oxygen atoms in total. The molecule has 0 saturated carbocycles. The van der Waals surface area contributed by atoms with Crippen LogP contribution in [0.3, 0.4) is 0 Å². The second kappa shape index (κ2) is 4.42. The molecule has 15 heavy (non-hydrogen) atoms. The Balaban J connectivity index is 2.81. The lowest BCUT2D eigenvalue weighted by Crippen LogP contribution is -2.66. The van der Waals surface area contributed by atoms with E-state index in [4.69, 9.17) is 0 Å². The lowest BCUT2D eigenvalue weighted by Gasteiger charge is -2.52. The summed E-state index contributed by atoms with van der Waals surface area (Å²) in [5.41, 5.74) is 0.636. The summed E-state index contributed by atoms with van der Waals surface area (Å²) in [5.74, 6) is 0. The standard InChI is InChI=1S/C13H28N2/c1-7-13(6,8-2)15-10-12(4,5)14-9-11(15)3/h11,14H,7-10H2,1-6H3. The van der Waals surface area contributed by atoms with E-state index in [1.54, 1.807) is 0 Å². The Morgan fingerprint density at radius 3 is 2.33 bits per heavy atom. The molecule has 2 heteroatoms. The molecule has 1 fully saturated rings. The Morgan fingerprint density at radius 1 is 1.33 bits per heavy atom. The molecule has 0 amide bonds. The van der Waals surface area contributed by atoms with Crippen LogP contribution in [-0.4, -0.2) is 35.1 Å². The topological polar surface area (TPSA) is 15.3 Å². The van der Waals surface area contributed by atoms with Gasteiger partial charge < -0.3 is 5.32 Å². The third-order valence-corrected chi connectivity index (χ3v) is 4.19. The first-order valence-electron chi connectivity index (χ1n) is 6.36. The first-order chi connectivity index (χ1) is 6.84. The molecule has 0 aromatic carbocycles. The summed E-state index contributed by atoms with van der Waals surface area (Å²) in [6.07, 6.45) is 2.48. The quantitative estimate of drug-likeness (QED) is 0.773. The van der Waals surface area contributed by atoms with Gasteiger partial charge in [-0.05, 0) is 40.5 Å². The number of nitrogens with zero attached hydrogens (tertiary/aromatic N) is 1. The van der Waals surface area contributed by atoms with Crippen LogP contribution >= 0.6 is 0 Å². The predicted octanol–water partition coefficient (Wildman–Crippen LogP) is 2.64. The van der Waals surface area contributed by atoms with Gasteiger partial charge in [0.05, 0.1) is 0 Å². The smallest absolute Gasteiger partial charge is 0.0253 e. The van der Waals surface area contributed by atoms with Gasteiger partial charge in [0.2, 0.25) is 0 Å². The summed E-state index contributed by atoms with van der Waals surface area (Å²) >= 11 is 0. The van der Waals surface area contributed by atoms with Crippen LogP contribution in [0, 0.1) is 0 Å². The number of piperazine rings is 1. The van der Waals surface area contributed by atoms with Crippen molar-refractivity contribution in [3.63, 3.8) is 0 Å². The van der Waals surface area contributed by atoms with Crippen LogP contribution in [0.5, 0.6) is 0 Å². The second-order valence-electron chi connectivity index (χ2n) is 5.95. The lowest BCUT2D eigenvalue weighted by atomic mass is 9.87. The number of rotatable bonds is 3. The van der Waals surface area contributed by atoms with E-state index >= 15 is 0 Å². The van der Waals surface area contributed by atoms with Crippen molar-refractivity contribution < 1.29 is 0 Å². The van der Waals surface area contributed by atoms with Crippen LogP contribution in [-0.2, 0) is 0 Å². The average molecular weight is 212 g/mol. The van der Waals surface area contributed by atoms with E-state index in [9.17, 15) is 0 Å². The van der Waals surface area contributed by atoms with Crippen molar-refractivity contribution in [1.82, 2.24) is 10.2 Å². The van der Waals surface area contributed by atoms with Gasteiger partial charge >= 0.3 is 0 Å². The van der Waals surface area contributed by atoms with E-state index in [1.165, 1.54) is 12.8 Å². The van der Waals surface area contributed by atoms with Gasteiger partial charge in [-0.25, -0.2) is 0 Å². The molecule has 1 aliphatic heterocycles. The highest BCUT2D eigenvalue weighted by Crippen LogP contribution is 2.29. The molecule has 0 aromatic heterocycles. The van der Waals surface area contributed by atoms with E-state index < -0.39 is 0 Å². The van der Waals surface area contributed by atoms with Gasteiger partial charge in [0, 0.05) is 30.2 Å². The zero-order valence-corrected chi connectivity index (χ0v) is 11.4. The van der Waals surface area contributed by atoms with Gasteiger partial charge in [-0.2, -0.15) is 0 Å². The van der Waals surface area contributed by atoms with E-state index in [0.29, 0.717) is 11.6 Å². The minimum atomic E-state index is 0.262. The Hall–Kier alpha value is -0.0800. The molecular weight excluding hydrogens is 184 g/mol. The third-order valence-electron chi connectivity index (χ3n) is 4.19. The molecule has 1 aliphatic rings. The van der Waals surface area contributed by atoms with Crippen LogP contribution in [0.4, 0.5) is 0 Å². The fourth-order valence-corrected chi connectivity index (χ4v) is 2.55. The maximum Gasteiger partial charge on any atom is 0.0253 e. The summed E-state index contributed by atoms with van der Waals surface area (Å²) in [5, 5.41) is 3.62. The summed E-state index contributed by atoms with van der Waals surface area (Å²) in [6, 6.07) is 0.655. The Bertz CT molecular complexity index is 207. The van der Waals surface area contributed by atoms with Crippen molar-refractivity contribution in [3.05, 3.63) is 0 Å². The molecule has 1 N–H and O–H groups in total. The highest BCUT2D eigenvalue weighted by molar-refractivity contribution is 4.97. The molecule has 0 aromatic rings. The van der Waals surface area contributed by atoms with Crippen molar-refractivity contribution in [2.75, 3.05) is 13.1 Å². The molecule has 1 saturated heterocycles. The van der Waals surface area contributed by atoms with Crippen LogP contribution in [0.2, 0.25) is 0 Å². The molecule has 1 unspecified atom stereocenters. The van der Waals surface area contributed by atoms with E-state index in [2.05, 4.69) is 51.8 Å². The molecule has 1 heterocycles. The van der Waals surface area contributed by atoms with E-state index in [-0.39, 0.29) is 5.54 Å². The minimum absolute atomic E-state index is 0.262. The normalized spacial score (nSPS) is 28.0. The molecular formula is C13H28N2. The van der Waals surface area contributed by atoms with Gasteiger partial charge in [-0.1, -0.05) is 13.8 Å². The highest BCUT2D eigenvalue weighted by Gasteiger charge is 2.38. The van der Waals surface area contributed by atoms with Crippen molar-refractivity contribution in [2.24, 2.45) is 0 Å². The first-order valence-corrected chi connectivity index (χ1v) is 6.36. The van der Waals surface area contributed by atoms with Crippen LogP contribution in [0.15, 0.2) is 0 Å². The third kappa shape index (κ3) is 2.73. The van der Waals surface area contributed by atoms with E-state index in [1.807, 2.05) is 0 Å². The molecule has 90 valence electrons.